The second-order valence-electron chi connectivity index (χ2n) is 3.64. The van der Waals surface area contributed by atoms with Gasteiger partial charge >= 0.3 is 0 Å². The minimum Gasteiger partial charge on any atom is -0.379 e. The number of benzene rings is 2. The van der Waals surface area contributed by atoms with E-state index in [-0.39, 0.29) is 0 Å². The Hall–Kier alpha value is -1.76. The Balaban J connectivity index is 2.08. The third-order valence-electron chi connectivity index (χ3n) is 2.46. The average Bonchev–Trinajstić information content (AvgIpc) is 2.31. The van der Waals surface area contributed by atoms with E-state index in [1.54, 1.807) is 0 Å². The summed E-state index contributed by atoms with van der Waals surface area (Å²) in [5.74, 6) is 0. The number of hydrogen-bond donors (Lipinski definition) is 1. The van der Waals surface area contributed by atoms with Crippen molar-refractivity contribution in [2.75, 3.05) is 5.32 Å². The van der Waals surface area contributed by atoms with Crippen LogP contribution in [-0.4, -0.2) is 0 Å². The van der Waals surface area contributed by atoms with Gasteiger partial charge in [-0.15, -0.1) is 0 Å². The van der Waals surface area contributed by atoms with Crippen molar-refractivity contribution in [2.24, 2.45) is 0 Å². The van der Waals surface area contributed by atoms with Crippen LogP contribution in [-0.2, 0) is 0 Å². The number of rotatable bonds is 3. The van der Waals surface area contributed by atoms with Gasteiger partial charge in [-0.25, -0.2) is 0 Å². The summed E-state index contributed by atoms with van der Waals surface area (Å²) in [7, 11) is 0. The van der Waals surface area contributed by atoms with E-state index in [0.29, 0.717) is 6.04 Å². The SMILES string of the molecule is C[C@H](Nc1ccccc1)c1ccccc1. The van der Waals surface area contributed by atoms with E-state index < -0.39 is 0 Å². The molecule has 0 unspecified atom stereocenters. The summed E-state index contributed by atoms with van der Waals surface area (Å²) in [5.41, 5.74) is 2.47. The summed E-state index contributed by atoms with van der Waals surface area (Å²) in [6.45, 7) is 2.17. The highest BCUT2D eigenvalue weighted by molar-refractivity contribution is 5.44. The van der Waals surface area contributed by atoms with Crippen molar-refractivity contribution in [1.82, 2.24) is 0 Å². The highest BCUT2D eigenvalue weighted by Crippen LogP contribution is 2.17. The Morgan fingerprint density at radius 1 is 0.800 bits per heavy atom. The molecule has 0 spiro atoms. The molecule has 0 amide bonds. The molecule has 2 aromatic carbocycles. The molecule has 0 bridgehead atoms. The first-order valence-electron chi connectivity index (χ1n) is 5.23. The van der Waals surface area contributed by atoms with Crippen molar-refractivity contribution in [1.29, 1.82) is 0 Å². The molecule has 0 aromatic heterocycles. The van der Waals surface area contributed by atoms with E-state index in [1.165, 1.54) is 5.56 Å². The lowest BCUT2D eigenvalue weighted by Crippen LogP contribution is -2.05. The first kappa shape index (κ1) is 9.78. The molecule has 1 N–H and O–H groups in total. The zero-order valence-corrected chi connectivity index (χ0v) is 8.85. The van der Waals surface area contributed by atoms with Crippen molar-refractivity contribution in [3.63, 3.8) is 0 Å². The number of nitrogens with one attached hydrogen (secondary N) is 1. The molecule has 1 nitrogen and oxygen atoms in total. The molecule has 0 aliphatic rings. The van der Waals surface area contributed by atoms with Crippen molar-refractivity contribution in [3.05, 3.63) is 66.2 Å². The standard InChI is InChI=1S/C14H15N/c1-12(13-8-4-2-5-9-13)15-14-10-6-3-7-11-14/h2-12,15H,1H3/t12-/m0/s1. The molecular weight excluding hydrogens is 182 g/mol. The summed E-state index contributed by atoms with van der Waals surface area (Å²) in [4.78, 5) is 0. The summed E-state index contributed by atoms with van der Waals surface area (Å²) < 4.78 is 0. The van der Waals surface area contributed by atoms with Crippen LogP contribution in [0.3, 0.4) is 0 Å². The number of para-hydroxylation sites is 1. The molecular formula is C14H15N. The fraction of sp³-hybridized carbons (Fsp3) is 0.143. The molecule has 0 fully saturated rings. The Morgan fingerprint density at radius 3 is 1.93 bits per heavy atom. The van der Waals surface area contributed by atoms with Crippen molar-refractivity contribution >= 4 is 5.69 Å². The zero-order valence-electron chi connectivity index (χ0n) is 8.85. The first-order valence-corrected chi connectivity index (χ1v) is 5.23. The van der Waals surface area contributed by atoms with E-state index >= 15 is 0 Å². The fourth-order valence-corrected chi connectivity index (χ4v) is 1.61. The van der Waals surface area contributed by atoms with Gasteiger partial charge in [0.1, 0.15) is 0 Å². The lowest BCUT2D eigenvalue weighted by Gasteiger charge is -2.15. The van der Waals surface area contributed by atoms with Crippen LogP contribution in [0.5, 0.6) is 0 Å². The number of hydrogen-bond acceptors (Lipinski definition) is 1. The molecule has 0 saturated carbocycles. The van der Waals surface area contributed by atoms with E-state index in [9.17, 15) is 0 Å². The molecule has 15 heavy (non-hydrogen) atoms. The van der Waals surface area contributed by atoms with Gasteiger partial charge in [0.05, 0.1) is 0 Å². The largest absolute Gasteiger partial charge is 0.379 e. The van der Waals surface area contributed by atoms with Crippen LogP contribution >= 0.6 is 0 Å². The van der Waals surface area contributed by atoms with Gasteiger partial charge in [-0.1, -0.05) is 48.5 Å². The second-order valence-corrected chi connectivity index (χ2v) is 3.64. The third-order valence-corrected chi connectivity index (χ3v) is 2.46. The molecule has 2 aromatic rings. The van der Waals surface area contributed by atoms with Crippen LogP contribution in [0.4, 0.5) is 5.69 Å². The van der Waals surface area contributed by atoms with Crippen molar-refractivity contribution in [2.45, 2.75) is 13.0 Å². The molecule has 0 saturated heterocycles. The van der Waals surface area contributed by atoms with Gasteiger partial charge in [0.2, 0.25) is 0 Å². The molecule has 2 rings (SSSR count). The molecule has 0 aliphatic carbocycles. The summed E-state index contributed by atoms with van der Waals surface area (Å²) >= 11 is 0. The van der Waals surface area contributed by atoms with Gasteiger partial charge in [-0.2, -0.15) is 0 Å². The molecule has 1 heteroatoms. The lowest BCUT2D eigenvalue weighted by molar-refractivity contribution is 0.885. The Labute approximate surface area is 90.8 Å². The fourth-order valence-electron chi connectivity index (χ4n) is 1.61. The van der Waals surface area contributed by atoms with Crippen LogP contribution in [0, 0.1) is 0 Å². The average molecular weight is 197 g/mol. The second kappa shape index (κ2) is 4.65. The molecule has 76 valence electrons. The van der Waals surface area contributed by atoms with Gasteiger partial charge in [0.15, 0.2) is 0 Å². The topological polar surface area (TPSA) is 12.0 Å². The van der Waals surface area contributed by atoms with Gasteiger partial charge in [-0.05, 0) is 24.6 Å². The van der Waals surface area contributed by atoms with E-state index in [1.807, 2.05) is 24.3 Å². The maximum absolute atomic E-state index is 3.46. The smallest absolute Gasteiger partial charge is 0.0485 e. The third kappa shape index (κ3) is 2.59. The Bertz CT molecular complexity index is 394. The predicted molar refractivity (Wildman–Crippen MR) is 64.9 cm³/mol. The van der Waals surface area contributed by atoms with Crippen molar-refractivity contribution in [3.8, 4) is 0 Å². The lowest BCUT2D eigenvalue weighted by atomic mass is 10.1. The highest BCUT2D eigenvalue weighted by atomic mass is 14.9. The van der Waals surface area contributed by atoms with E-state index in [4.69, 9.17) is 0 Å². The van der Waals surface area contributed by atoms with Gasteiger partial charge < -0.3 is 5.32 Å². The van der Waals surface area contributed by atoms with Crippen LogP contribution < -0.4 is 5.32 Å². The quantitative estimate of drug-likeness (QED) is 0.787. The minimum atomic E-state index is 0.341. The monoisotopic (exact) mass is 197 g/mol. The normalized spacial score (nSPS) is 12.1. The molecule has 0 radical (unpaired) electrons. The molecule has 0 heterocycles. The van der Waals surface area contributed by atoms with E-state index in [2.05, 4.69) is 48.6 Å². The highest BCUT2D eigenvalue weighted by Gasteiger charge is 2.02. The minimum absolute atomic E-state index is 0.341. The molecule has 0 aliphatic heterocycles. The summed E-state index contributed by atoms with van der Waals surface area (Å²) in [6.07, 6.45) is 0. The van der Waals surface area contributed by atoms with Gasteiger partial charge in [0, 0.05) is 11.7 Å². The van der Waals surface area contributed by atoms with Crippen LogP contribution in [0.15, 0.2) is 60.7 Å². The Kier molecular flexibility index (Phi) is 3.03. The van der Waals surface area contributed by atoms with Crippen molar-refractivity contribution < 1.29 is 0 Å². The predicted octanol–water partition coefficient (Wildman–Crippen LogP) is 3.86. The Morgan fingerprint density at radius 2 is 1.33 bits per heavy atom. The molecule has 1 atom stereocenters. The zero-order chi connectivity index (χ0) is 10.5. The van der Waals surface area contributed by atoms with Gasteiger partial charge in [-0.3, -0.25) is 0 Å². The summed E-state index contributed by atoms with van der Waals surface area (Å²) in [5, 5.41) is 3.46. The first-order chi connectivity index (χ1) is 7.36. The van der Waals surface area contributed by atoms with Crippen LogP contribution in [0.1, 0.15) is 18.5 Å². The van der Waals surface area contributed by atoms with Crippen LogP contribution in [0.25, 0.3) is 0 Å². The maximum Gasteiger partial charge on any atom is 0.0485 e. The van der Waals surface area contributed by atoms with Crippen LogP contribution in [0.2, 0.25) is 0 Å². The summed E-state index contributed by atoms with van der Waals surface area (Å²) in [6, 6.07) is 21.1. The maximum atomic E-state index is 3.46. The number of anilines is 1. The van der Waals surface area contributed by atoms with Gasteiger partial charge in [0.25, 0.3) is 0 Å². The van der Waals surface area contributed by atoms with E-state index in [0.717, 1.165) is 5.69 Å².